The Balaban J connectivity index is 0.000000235. The SMILES string of the molecule is CCS(=O)(=O)c1cccnc1S(=O)(=O)NC(=O)Nc1nc(OC)cc(OC)n1.CS(=O)(=O)c1cc(C(F)(F)F)ccc1C(=O)c1cnoc1C1CC1. The smallest absolute Gasteiger partial charge is 0.416 e. The molecule has 5 rings (SSSR count). The van der Waals surface area contributed by atoms with Crippen molar-refractivity contribution in [2.75, 3.05) is 31.5 Å². The second kappa shape index (κ2) is 15.2. The fourth-order valence-electron chi connectivity index (χ4n) is 4.33. The number of ketones is 1. The first-order valence-electron chi connectivity index (χ1n) is 14.6. The van der Waals surface area contributed by atoms with Gasteiger partial charge in [0, 0.05) is 23.9 Å². The van der Waals surface area contributed by atoms with Crippen molar-refractivity contribution in [1.29, 1.82) is 0 Å². The van der Waals surface area contributed by atoms with Crippen LogP contribution in [0.4, 0.5) is 23.9 Å². The lowest BCUT2D eigenvalue weighted by Gasteiger charge is -2.11. The maximum Gasteiger partial charge on any atom is 0.416 e. The molecular formula is C29H29F3N6O11S3. The van der Waals surface area contributed by atoms with Crippen molar-refractivity contribution in [1.82, 2.24) is 24.8 Å². The molecule has 0 bridgehead atoms. The highest BCUT2D eigenvalue weighted by Gasteiger charge is 2.36. The fourth-order valence-corrected chi connectivity index (χ4v) is 7.78. The number of amides is 2. The summed E-state index contributed by atoms with van der Waals surface area (Å²) < 4.78 is 128. The number of sulfonamides is 1. The monoisotopic (exact) mass is 790 g/mol. The van der Waals surface area contributed by atoms with E-state index in [1.165, 1.54) is 39.5 Å². The number of alkyl halides is 3. The molecule has 0 spiro atoms. The number of carbonyl (C=O) groups excluding carboxylic acids is 2. The van der Waals surface area contributed by atoms with Gasteiger partial charge in [0.25, 0.3) is 10.0 Å². The molecule has 2 N–H and O–H groups in total. The van der Waals surface area contributed by atoms with E-state index in [0.717, 1.165) is 37.4 Å². The zero-order chi connectivity index (χ0) is 38.6. The third-order valence-electron chi connectivity index (χ3n) is 7.00. The summed E-state index contributed by atoms with van der Waals surface area (Å²) >= 11 is 0. The average molecular weight is 791 g/mol. The summed E-state index contributed by atoms with van der Waals surface area (Å²) in [6, 6.07) is 4.52. The number of ether oxygens (including phenoxy) is 2. The van der Waals surface area contributed by atoms with Gasteiger partial charge in [0.2, 0.25) is 17.7 Å². The number of urea groups is 1. The molecule has 0 atom stereocenters. The largest absolute Gasteiger partial charge is 0.481 e. The van der Waals surface area contributed by atoms with Crippen LogP contribution in [0.3, 0.4) is 0 Å². The molecule has 0 aliphatic heterocycles. The van der Waals surface area contributed by atoms with Gasteiger partial charge >= 0.3 is 12.2 Å². The van der Waals surface area contributed by atoms with Crippen LogP contribution in [0.25, 0.3) is 0 Å². The van der Waals surface area contributed by atoms with Crippen LogP contribution in [-0.4, -0.2) is 83.4 Å². The number of pyridine rings is 1. The Kier molecular flexibility index (Phi) is 11.6. The van der Waals surface area contributed by atoms with E-state index >= 15 is 0 Å². The number of nitrogens with zero attached hydrogens (tertiary/aromatic N) is 4. The number of methoxy groups -OCH3 is 2. The quantitative estimate of drug-likeness (QED) is 0.207. The highest BCUT2D eigenvalue weighted by molar-refractivity contribution is 7.93. The van der Waals surface area contributed by atoms with E-state index in [0.29, 0.717) is 17.9 Å². The van der Waals surface area contributed by atoms with Gasteiger partial charge in [-0.3, -0.25) is 10.1 Å². The van der Waals surface area contributed by atoms with Crippen molar-refractivity contribution in [2.24, 2.45) is 0 Å². The Labute approximate surface area is 294 Å². The number of nitrogens with one attached hydrogen (secondary N) is 2. The molecule has 52 heavy (non-hydrogen) atoms. The number of anilines is 1. The number of hydrogen-bond acceptors (Lipinski definition) is 15. The van der Waals surface area contributed by atoms with Crippen LogP contribution < -0.4 is 19.5 Å². The van der Waals surface area contributed by atoms with Crippen LogP contribution in [0.5, 0.6) is 11.8 Å². The highest BCUT2D eigenvalue weighted by atomic mass is 32.2. The van der Waals surface area contributed by atoms with Crippen LogP contribution >= 0.6 is 0 Å². The molecule has 1 aliphatic rings. The molecule has 3 aromatic heterocycles. The number of benzene rings is 1. The van der Waals surface area contributed by atoms with E-state index in [2.05, 4.69) is 25.4 Å². The topological polar surface area (TPSA) is 244 Å². The first kappa shape index (κ1) is 39.6. The van der Waals surface area contributed by atoms with E-state index in [1.54, 1.807) is 4.72 Å². The molecule has 0 saturated heterocycles. The Bertz CT molecular complexity index is 2310. The normalized spacial score (nSPS) is 13.4. The van der Waals surface area contributed by atoms with Crippen LogP contribution in [0, 0.1) is 0 Å². The fraction of sp³-hybridized carbons (Fsp3) is 0.310. The Morgan fingerprint density at radius 1 is 0.942 bits per heavy atom. The van der Waals surface area contributed by atoms with Gasteiger partial charge in [0.05, 0.1) is 48.3 Å². The van der Waals surface area contributed by atoms with Gasteiger partial charge in [-0.2, -0.15) is 31.6 Å². The Hall–Kier alpha value is -5.16. The molecule has 1 aromatic carbocycles. The van der Waals surface area contributed by atoms with Gasteiger partial charge in [0.1, 0.15) is 4.90 Å². The molecule has 3 heterocycles. The Morgan fingerprint density at radius 2 is 1.58 bits per heavy atom. The van der Waals surface area contributed by atoms with Crippen LogP contribution in [0.2, 0.25) is 0 Å². The molecule has 4 aromatic rings. The zero-order valence-corrected chi connectivity index (χ0v) is 29.9. The van der Waals surface area contributed by atoms with Gasteiger partial charge in [-0.1, -0.05) is 12.1 Å². The zero-order valence-electron chi connectivity index (χ0n) is 27.5. The number of carbonyl (C=O) groups is 2. The second-order valence-corrected chi connectivity index (χ2v) is 16.6. The summed E-state index contributed by atoms with van der Waals surface area (Å²) in [5.41, 5.74) is -1.37. The minimum absolute atomic E-state index is 0.0441. The van der Waals surface area contributed by atoms with Gasteiger partial charge in [0.15, 0.2) is 36.2 Å². The van der Waals surface area contributed by atoms with Crippen molar-refractivity contribution in [3.8, 4) is 11.8 Å². The summed E-state index contributed by atoms with van der Waals surface area (Å²) in [5, 5.41) is 4.86. The number of hydrogen-bond donors (Lipinski definition) is 2. The number of sulfone groups is 2. The molecule has 23 heteroatoms. The van der Waals surface area contributed by atoms with Crippen molar-refractivity contribution in [2.45, 2.75) is 46.7 Å². The minimum atomic E-state index is -4.71. The molecule has 0 unspecified atom stereocenters. The summed E-state index contributed by atoms with van der Waals surface area (Å²) in [7, 11) is -9.89. The second-order valence-electron chi connectivity index (χ2n) is 10.7. The van der Waals surface area contributed by atoms with Gasteiger partial charge in [-0.05, 0) is 43.2 Å². The Morgan fingerprint density at radius 3 is 2.12 bits per heavy atom. The van der Waals surface area contributed by atoms with Gasteiger partial charge < -0.3 is 14.0 Å². The van der Waals surface area contributed by atoms with Crippen molar-refractivity contribution in [3.63, 3.8) is 0 Å². The molecule has 1 fully saturated rings. The third-order valence-corrected chi connectivity index (χ3v) is 11.3. The predicted molar refractivity (Wildman–Crippen MR) is 173 cm³/mol. The van der Waals surface area contributed by atoms with E-state index in [1.807, 2.05) is 0 Å². The highest BCUT2D eigenvalue weighted by Crippen LogP contribution is 2.42. The van der Waals surface area contributed by atoms with E-state index in [-0.39, 0.29) is 40.5 Å². The number of halogens is 3. The lowest BCUT2D eigenvalue weighted by Crippen LogP contribution is -2.36. The standard InChI is InChI=1S/C15H12F3NO4S.C14H17N5O7S2/c1-24(21,22)12-6-9(15(16,17)18)4-5-10(12)13(20)11-7-19-23-14(11)8-2-3-8;1-4-27(21,22)9-6-5-7-15-12(9)28(23,24)19-14(20)18-13-16-10(25-2)8-11(17-13)26-3/h4-8H,2-3H2,1H3;5-8H,4H2,1-3H3,(H2,16,17,18,19,20). The molecule has 1 saturated carbocycles. The summed E-state index contributed by atoms with van der Waals surface area (Å²) in [6.45, 7) is 1.35. The van der Waals surface area contributed by atoms with Crippen molar-refractivity contribution >= 4 is 47.5 Å². The first-order chi connectivity index (χ1) is 24.2. The number of rotatable bonds is 11. The number of aromatic nitrogens is 4. The maximum atomic E-state index is 12.8. The van der Waals surface area contributed by atoms with Crippen LogP contribution in [-0.2, 0) is 35.9 Å². The van der Waals surface area contributed by atoms with Gasteiger partial charge in [-0.25, -0.2) is 31.3 Å². The van der Waals surface area contributed by atoms with E-state index in [9.17, 15) is 48.0 Å². The molecule has 2 amide bonds. The minimum Gasteiger partial charge on any atom is -0.481 e. The molecular weight excluding hydrogens is 762 g/mol. The third kappa shape index (κ3) is 9.38. The maximum absolute atomic E-state index is 12.8. The molecule has 1 aliphatic carbocycles. The predicted octanol–water partition coefficient (Wildman–Crippen LogP) is 3.40. The molecule has 17 nitrogen and oxygen atoms in total. The molecule has 0 radical (unpaired) electrons. The summed E-state index contributed by atoms with van der Waals surface area (Å²) in [6.07, 6.45) is -0.0498. The van der Waals surface area contributed by atoms with E-state index in [4.69, 9.17) is 14.0 Å². The average Bonchev–Trinajstić information content (AvgIpc) is 3.82. The van der Waals surface area contributed by atoms with Crippen LogP contribution in [0.15, 0.2) is 68.1 Å². The lowest BCUT2D eigenvalue weighted by molar-refractivity contribution is -0.137. The molecule has 280 valence electrons. The summed E-state index contributed by atoms with van der Waals surface area (Å²) in [5.74, 6) is -0.845. The first-order valence-corrected chi connectivity index (χ1v) is 19.6. The van der Waals surface area contributed by atoms with Crippen molar-refractivity contribution < 1.29 is 62.0 Å². The lowest BCUT2D eigenvalue weighted by atomic mass is 10.0. The van der Waals surface area contributed by atoms with Gasteiger partial charge in [-0.15, -0.1) is 0 Å². The van der Waals surface area contributed by atoms with E-state index < -0.39 is 68.1 Å². The summed E-state index contributed by atoms with van der Waals surface area (Å²) in [4.78, 5) is 34.8. The van der Waals surface area contributed by atoms with Crippen molar-refractivity contribution in [3.05, 3.63) is 71.2 Å². The van der Waals surface area contributed by atoms with Crippen LogP contribution in [0.1, 0.15) is 52.9 Å².